The maximum Gasteiger partial charge on any atom is 0.472 e. The highest BCUT2D eigenvalue weighted by Gasteiger charge is 2.27. The van der Waals surface area contributed by atoms with Crippen molar-refractivity contribution in [2.75, 3.05) is 26.4 Å². The van der Waals surface area contributed by atoms with Gasteiger partial charge in [0, 0.05) is 12.8 Å². The molecule has 356 valence electrons. The summed E-state index contributed by atoms with van der Waals surface area (Å²) in [6, 6.07) is 0. The number of carbonyl (C=O) groups excluding carboxylic acids is 2. The Labute approximate surface area is 368 Å². The number of esters is 2. The SMILES string of the molecule is CCCCCCCCCC/C=C\CCCCCCCCCC(=O)OC[C@H](COP(=O)(O)OC[C@@H](O)CO)OC(=O)CCCCCCCCCCCCCCCCCCCC. The zero-order chi connectivity index (χ0) is 44.0. The van der Waals surface area contributed by atoms with E-state index in [-0.39, 0.29) is 19.4 Å². The average Bonchev–Trinajstić information content (AvgIpc) is 3.24. The fourth-order valence-electron chi connectivity index (χ4n) is 7.28. The van der Waals surface area contributed by atoms with Gasteiger partial charge in [0.05, 0.1) is 19.8 Å². The molecular formula is C49H95O10P. The Morgan fingerprint density at radius 3 is 1.20 bits per heavy atom. The number of phosphoric ester groups is 1. The van der Waals surface area contributed by atoms with E-state index in [1.807, 2.05) is 0 Å². The quantitative estimate of drug-likeness (QED) is 0.0233. The lowest BCUT2D eigenvalue weighted by Crippen LogP contribution is -2.29. The lowest BCUT2D eigenvalue weighted by atomic mass is 10.0. The highest BCUT2D eigenvalue weighted by atomic mass is 31.2. The van der Waals surface area contributed by atoms with Gasteiger partial charge < -0.3 is 24.6 Å². The largest absolute Gasteiger partial charge is 0.472 e. The highest BCUT2D eigenvalue weighted by molar-refractivity contribution is 7.47. The van der Waals surface area contributed by atoms with Gasteiger partial charge in [-0.1, -0.05) is 212 Å². The first-order valence-corrected chi connectivity index (χ1v) is 26.6. The van der Waals surface area contributed by atoms with Crippen LogP contribution in [0, 0.1) is 0 Å². The Morgan fingerprint density at radius 2 is 0.817 bits per heavy atom. The second kappa shape index (κ2) is 45.7. The van der Waals surface area contributed by atoms with Crippen LogP contribution in [-0.4, -0.2) is 65.7 Å². The molecule has 0 aliphatic heterocycles. The first-order valence-electron chi connectivity index (χ1n) is 25.1. The third-order valence-corrected chi connectivity index (χ3v) is 12.1. The molecule has 0 aromatic rings. The summed E-state index contributed by atoms with van der Waals surface area (Å²) in [6.07, 6.45) is 46.0. The molecule has 60 heavy (non-hydrogen) atoms. The van der Waals surface area contributed by atoms with Gasteiger partial charge in [0.25, 0.3) is 0 Å². The number of aliphatic hydroxyl groups is 2. The minimum Gasteiger partial charge on any atom is -0.462 e. The van der Waals surface area contributed by atoms with Gasteiger partial charge in [-0.05, 0) is 38.5 Å². The molecule has 0 heterocycles. The second-order valence-electron chi connectivity index (χ2n) is 17.2. The molecule has 0 radical (unpaired) electrons. The summed E-state index contributed by atoms with van der Waals surface area (Å²) in [5, 5.41) is 18.4. The van der Waals surface area contributed by atoms with Crippen molar-refractivity contribution in [1.82, 2.24) is 0 Å². The summed E-state index contributed by atoms with van der Waals surface area (Å²) >= 11 is 0. The third-order valence-electron chi connectivity index (χ3n) is 11.2. The van der Waals surface area contributed by atoms with E-state index >= 15 is 0 Å². The van der Waals surface area contributed by atoms with E-state index < -0.39 is 51.8 Å². The molecule has 0 amide bonds. The smallest absolute Gasteiger partial charge is 0.462 e. The van der Waals surface area contributed by atoms with Crippen LogP contribution in [0.2, 0.25) is 0 Å². The van der Waals surface area contributed by atoms with Gasteiger partial charge >= 0.3 is 19.8 Å². The fourth-order valence-corrected chi connectivity index (χ4v) is 8.07. The number of hydrogen-bond donors (Lipinski definition) is 3. The van der Waals surface area contributed by atoms with Crippen molar-refractivity contribution in [2.24, 2.45) is 0 Å². The van der Waals surface area contributed by atoms with E-state index in [0.29, 0.717) is 12.8 Å². The van der Waals surface area contributed by atoms with Crippen molar-refractivity contribution in [3.8, 4) is 0 Å². The molecule has 0 saturated heterocycles. The predicted molar refractivity (Wildman–Crippen MR) is 247 cm³/mol. The number of rotatable bonds is 48. The third kappa shape index (κ3) is 44.8. The second-order valence-corrected chi connectivity index (χ2v) is 18.7. The molecule has 0 aromatic carbocycles. The molecule has 0 bridgehead atoms. The number of unbranched alkanes of at least 4 members (excludes halogenated alkanes) is 32. The van der Waals surface area contributed by atoms with E-state index in [2.05, 4.69) is 26.0 Å². The zero-order valence-corrected chi connectivity index (χ0v) is 39.8. The monoisotopic (exact) mass is 875 g/mol. The van der Waals surface area contributed by atoms with Crippen LogP contribution in [0.5, 0.6) is 0 Å². The van der Waals surface area contributed by atoms with Gasteiger partial charge in [-0.25, -0.2) is 4.57 Å². The van der Waals surface area contributed by atoms with Crippen LogP contribution in [0.1, 0.15) is 251 Å². The lowest BCUT2D eigenvalue weighted by molar-refractivity contribution is -0.161. The number of carbonyl (C=O) groups is 2. The van der Waals surface area contributed by atoms with E-state index in [4.69, 9.17) is 23.6 Å². The van der Waals surface area contributed by atoms with E-state index in [9.17, 15) is 24.2 Å². The molecule has 3 N–H and O–H groups in total. The van der Waals surface area contributed by atoms with Gasteiger partial charge in [-0.2, -0.15) is 0 Å². The van der Waals surface area contributed by atoms with Crippen molar-refractivity contribution >= 4 is 19.8 Å². The Balaban J connectivity index is 4.17. The summed E-state index contributed by atoms with van der Waals surface area (Å²) in [5.41, 5.74) is 0. The Bertz CT molecular complexity index is 1010. The van der Waals surface area contributed by atoms with E-state index in [1.165, 1.54) is 167 Å². The zero-order valence-electron chi connectivity index (χ0n) is 38.9. The molecular weight excluding hydrogens is 780 g/mol. The van der Waals surface area contributed by atoms with Crippen molar-refractivity contribution in [3.63, 3.8) is 0 Å². The Kier molecular flexibility index (Phi) is 44.7. The summed E-state index contributed by atoms with van der Waals surface area (Å²) < 4.78 is 32.9. The number of hydrogen-bond acceptors (Lipinski definition) is 9. The molecule has 0 rings (SSSR count). The first kappa shape index (κ1) is 58.7. The van der Waals surface area contributed by atoms with Gasteiger partial charge in [0.2, 0.25) is 0 Å². The van der Waals surface area contributed by atoms with E-state index in [1.54, 1.807) is 0 Å². The minimum atomic E-state index is -4.62. The van der Waals surface area contributed by atoms with Crippen LogP contribution >= 0.6 is 7.82 Å². The average molecular weight is 875 g/mol. The van der Waals surface area contributed by atoms with Crippen molar-refractivity contribution in [1.29, 1.82) is 0 Å². The molecule has 0 spiro atoms. The van der Waals surface area contributed by atoms with Crippen LogP contribution < -0.4 is 0 Å². The summed E-state index contributed by atoms with van der Waals surface area (Å²) in [6.45, 7) is 2.43. The lowest BCUT2D eigenvalue weighted by Gasteiger charge is -2.20. The molecule has 0 aromatic heterocycles. The maximum absolute atomic E-state index is 12.7. The van der Waals surface area contributed by atoms with Crippen molar-refractivity contribution < 1.29 is 47.8 Å². The summed E-state index contributed by atoms with van der Waals surface area (Å²) in [4.78, 5) is 35.1. The Morgan fingerprint density at radius 1 is 0.483 bits per heavy atom. The Hall–Kier alpha value is -1.29. The normalized spacial score (nSPS) is 13.8. The molecule has 0 saturated carbocycles. The van der Waals surface area contributed by atoms with Crippen LogP contribution in [0.15, 0.2) is 12.2 Å². The van der Waals surface area contributed by atoms with Crippen LogP contribution in [0.4, 0.5) is 0 Å². The van der Waals surface area contributed by atoms with Crippen molar-refractivity contribution in [2.45, 2.75) is 264 Å². The van der Waals surface area contributed by atoms with Gasteiger partial charge in [-0.3, -0.25) is 18.6 Å². The van der Waals surface area contributed by atoms with Gasteiger partial charge in [-0.15, -0.1) is 0 Å². The highest BCUT2D eigenvalue weighted by Crippen LogP contribution is 2.43. The van der Waals surface area contributed by atoms with Crippen LogP contribution in [0.25, 0.3) is 0 Å². The van der Waals surface area contributed by atoms with E-state index in [0.717, 1.165) is 44.9 Å². The van der Waals surface area contributed by atoms with Gasteiger partial charge in [0.1, 0.15) is 12.7 Å². The molecule has 0 fully saturated rings. The maximum atomic E-state index is 12.7. The van der Waals surface area contributed by atoms with Crippen LogP contribution in [0.3, 0.4) is 0 Å². The topological polar surface area (TPSA) is 149 Å². The molecule has 10 nitrogen and oxygen atoms in total. The molecule has 3 atom stereocenters. The minimum absolute atomic E-state index is 0.190. The number of phosphoric acid groups is 1. The van der Waals surface area contributed by atoms with Crippen molar-refractivity contribution in [3.05, 3.63) is 12.2 Å². The summed E-state index contributed by atoms with van der Waals surface area (Å²) in [5.74, 6) is -0.914. The number of allylic oxidation sites excluding steroid dienone is 2. The standard InChI is InChI=1S/C49H95O10P/c1-3-5-7-9-11-13-15-17-19-21-23-25-26-28-30-32-34-36-38-40-48(52)56-44-47(45-58-60(54,55)57-43-46(51)42-50)59-49(53)41-39-37-35-33-31-29-27-24-22-20-18-16-14-12-10-8-6-4-2/h21,23,46-47,50-51H,3-20,22,24-45H2,1-2H3,(H,54,55)/b23-21-/t46-,47+/m0/s1. The predicted octanol–water partition coefficient (Wildman–Crippen LogP) is 14.0. The molecule has 0 aliphatic rings. The number of aliphatic hydroxyl groups excluding tert-OH is 2. The molecule has 11 heteroatoms. The van der Waals surface area contributed by atoms with Crippen LogP contribution in [-0.2, 0) is 32.7 Å². The van der Waals surface area contributed by atoms with Gasteiger partial charge in [0.15, 0.2) is 6.10 Å². The summed E-state index contributed by atoms with van der Waals surface area (Å²) in [7, 11) is -4.62. The molecule has 0 aliphatic carbocycles. The number of ether oxygens (including phenoxy) is 2. The first-order chi connectivity index (χ1) is 29.2. The fraction of sp³-hybridized carbons (Fsp3) is 0.918. The molecule has 1 unspecified atom stereocenters.